The highest BCUT2D eigenvalue weighted by atomic mass is 79.9. The molecule has 16 heavy (non-hydrogen) atoms. The molecule has 2 nitrogen and oxygen atoms in total. The van der Waals surface area contributed by atoms with Gasteiger partial charge in [0.2, 0.25) is 11.0 Å². The van der Waals surface area contributed by atoms with Crippen molar-refractivity contribution in [1.82, 2.24) is 4.98 Å². The predicted molar refractivity (Wildman–Crippen MR) is 60.4 cm³/mol. The van der Waals surface area contributed by atoms with Crippen LogP contribution in [-0.2, 0) is 7.05 Å². The van der Waals surface area contributed by atoms with Gasteiger partial charge in [0.05, 0.1) is 0 Å². The third-order valence-electron chi connectivity index (χ3n) is 2.73. The van der Waals surface area contributed by atoms with Crippen LogP contribution in [0.1, 0.15) is 0 Å². The molecule has 0 fully saturated rings. The Kier molecular flexibility index (Phi) is 2.88. The van der Waals surface area contributed by atoms with E-state index in [1.165, 1.54) is 0 Å². The van der Waals surface area contributed by atoms with E-state index in [0.717, 1.165) is 22.1 Å². The Labute approximate surface area is 104 Å². The second kappa shape index (κ2) is 4.18. The number of rotatable bonds is 0. The fraction of sp³-hybridized carbons (Fsp3) is 0.0769. The third kappa shape index (κ3) is 1.57. The fourth-order valence-corrected chi connectivity index (χ4v) is 1.94. The van der Waals surface area contributed by atoms with Crippen LogP contribution in [0.2, 0.25) is 0 Å². The van der Waals surface area contributed by atoms with E-state index >= 15 is 0 Å². The van der Waals surface area contributed by atoms with Crippen molar-refractivity contribution in [2.24, 2.45) is 7.05 Å². The van der Waals surface area contributed by atoms with Crippen LogP contribution in [0.15, 0.2) is 48.5 Å². The molecule has 0 radical (unpaired) electrons. The van der Waals surface area contributed by atoms with E-state index in [1.807, 2.05) is 36.4 Å². The summed E-state index contributed by atoms with van der Waals surface area (Å²) in [6, 6.07) is 16.4. The Morgan fingerprint density at radius 2 is 1.25 bits per heavy atom. The molecule has 1 heterocycles. The summed E-state index contributed by atoms with van der Waals surface area (Å²) < 4.78 is 2.18. The van der Waals surface area contributed by atoms with Gasteiger partial charge in [-0.3, -0.25) is 0 Å². The van der Waals surface area contributed by atoms with Gasteiger partial charge in [-0.1, -0.05) is 24.3 Å². The molecule has 0 N–H and O–H groups in total. The molecule has 80 valence electrons. The SMILES string of the molecule is C[n+]1c2ccccc2nc2ccccc21.[Br-]. The number of fused-ring (bicyclic) bond motifs is 2. The lowest BCUT2D eigenvalue weighted by Gasteiger charge is -1.99. The molecule has 0 atom stereocenters. The molecule has 0 aliphatic rings. The van der Waals surface area contributed by atoms with E-state index in [2.05, 4.69) is 28.7 Å². The van der Waals surface area contributed by atoms with Crippen molar-refractivity contribution in [2.75, 3.05) is 0 Å². The summed E-state index contributed by atoms with van der Waals surface area (Å²) >= 11 is 0. The first-order valence-corrected chi connectivity index (χ1v) is 5.00. The van der Waals surface area contributed by atoms with Crippen molar-refractivity contribution in [3.05, 3.63) is 48.5 Å². The maximum Gasteiger partial charge on any atom is 0.231 e. The van der Waals surface area contributed by atoms with Crippen LogP contribution in [0.3, 0.4) is 0 Å². The minimum Gasteiger partial charge on any atom is -1.00 e. The van der Waals surface area contributed by atoms with Crippen molar-refractivity contribution in [3.63, 3.8) is 0 Å². The van der Waals surface area contributed by atoms with E-state index in [9.17, 15) is 0 Å². The van der Waals surface area contributed by atoms with Gasteiger partial charge in [-0.05, 0) is 12.1 Å². The van der Waals surface area contributed by atoms with Crippen molar-refractivity contribution in [3.8, 4) is 0 Å². The zero-order valence-electron chi connectivity index (χ0n) is 8.89. The Bertz CT molecular complexity index is 596. The van der Waals surface area contributed by atoms with Crippen molar-refractivity contribution >= 4 is 22.1 Å². The molecule has 0 spiro atoms. The van der Waals surface area contributed by atoms with Crippen molar-refractivity contribution in [1.29, 1.82) is 0 Å². The summed E-state index contributed by atoms with van der Waals surface area (Å²) in [7, 11) is 2.08. The minimum atomic E-state index is 0. The molecular weight excluding hydrogens is 264 g/mol. The van der Waals surface area contributed by atoms with Crippen LogP contribution in [0.25, 0.3) is 22.1 Å². The summed E-state index contributed by atoms with van der Waals surface area (Å²) in [4.78, 5) is 4.62. The number of aryl methyl sites for hydroxylation is 1. The number of hydrogen-bond acceptors (Lipinski definition) is 1. The molecule has 2 aromatic carbocycles. The number of aromatic nitrogens is 2. The molecule has 0 aliphatic carbocycles. The van der Waals surface area contributed by atoms with Crippen LogP contribution < -0.4 is 21.5 Å². The van der Waals surface area contributed by atoms with E-state index < -0.39 is 0 Å². The monoisotopic (exact) mass is 274 g/mol. The van der Waals surface area contributed by atoms with Crippen LogP contribution in [-0.4, -0.2) is 4.98 Å². The number of para-hydroxylation sites is 4. The maximum absolute atomic E-state index is 4.62. The van der Waals surface area contributed by atoms with Crippen LogP contribution in [0.5, 0.6) is 0 Å². The van der Waals surface area contributed by atoms with Crippen LogP contribution >= 0.6 is 0 Å². The summed E-state index contributed by atoms with van der Waals surface area (Å²) in [6.07, 6.45) is 0. The lowest BCUT2D eigenvalue weighted by molar-refractivity contribution is -0.617. The molecule has 0 bridgehead atoms. The number of halogens is 1. The zero-order valence-corrected chi connectivity index (χ0v) is 10.5. The fourth-order valence-electron chi connectivity index (χ4n) is 1.94. The Balaban J connectivity index is 0.000000963. The molecule has 1 aromatic heterocycles. The van der Waals surface area contributed by atoms with Gasteiger partial charge in [-0.2, -0.15) is 4.57 Å². The van der Waals surface area contributed by atoms with Crippen LogP contribution in [0, 0.1) is 0 Å². The van der Waals surface area contributed by atoms with Gasteiger partial charge < -0.3 is 17.0 Å². The molecule has 0 saturated carbocycles. The van der Waals surface area contributed by atoms with Gasteiger partial charge in [-0.25, -0.2) is 4.98 Å². The molecule has 0 aliphatic heterocycles. The zero-order chi connectivity index (χ0) is 10.3. The van der Waals surface area contributed by atoms with E-state index in [1.54, 1.807) is 0 Å². The maximum atomic E-state index is 4.62. The first-order chi connectivity index (χ1) is 7.36. The quantitative estimate of drug-likeness (QED) is 0.388. The molecule has 3 rings (SSSR count). The van der Waals surface area contributed by atoms with Gasteiger partial charge in [0.15, 0.2) is 0 Å². The first-order valence-electron chi connectivity index (χ1n) is 5.00. The van der Waals surface area contributed by atoms with E-state index in [4.69, 9.17) is 0 Å². The molecule has 0 saturated heterocycles. The number of nitrogens with zero attached hydrogens (tertiary/aromatic N) is 2. The molecule has 0 unspecified atom stereocenters. The Morgan fingerprint density at radius 3 is 1.75 bits per heavy atom. The summed E-state index contributed by atoms with van der Waals surface area (Å²) in [5, 5.41) is 0. The van der Waals surface area contributed by atoms with Gasteiger partial charge >= 0.3 is 0 Å². The highest BCUT2D eigenvalue weighted by molar-refractivity contribution is 5.81. The minimum absolute atomic E-state index is 0. The highest BCUT2D eigenvalue weighted by Crippen LogP contribution is 2.12. The average molecular weight is 275 g/mol. The van der Waals surface area contributed by atoms with Gasteiger partial charge in [0, 0.05) is 12.1 Å². The Hall–Kier alpha value is -1.48. The number of hydrogen-bond donors (Lipinski definition) is 0. The van der Waals surface area contributed by atoms with E-state index in [-0.39, 0.29) is 17.0 Å². The second-order valence-electron chi connectivity index (χ2n) is 3.65. The Morgan fingerprint density at radius 1 is 0.812 bits per heavy atom. The third-order valence-corrected chi connectivity index (χ3v) is 2.73. The molecule has 3 heteroatoms. The number of benzene rings is 2. The van der Waals surface area contributed by atoms with Crippen molar-refractivity contribution in [2.45, 2.75) is 0 Å². The van der Waals surface area contributed by atoms with Gasteiger partial charge in [-0.15, -0.1) is 0 Å². The largest absolute Gasteiger partial charge is 1.00 e. The standard InChI is InChI=1S/C13H11N2.BrH/c1-15-12-8-4-2-6-10(12)14-11-7-3-5-9-13(11)15;/h2-9H,1H3;1H/q+1;/p-1. The highest BCUT2D eigenvalue weighted by Gasteiger charge is 2.10. The van der Waals surface area contributed by atoms with E-state index in [0.29, 0.717) is 0 Å². The summed E-state index contributed by atoms with van der Waals surface area (Å²) in [5.74, 6) is 0. The van der Waals surface area contributed by atoms with Gasteiger partial charge in [0.25, 0.3) is 0 Å². The predicted octanol–water partition coefficient (Wildman–Crippen LogP) is -0.783. The lowest BCUT2D eigenvalue weighted by atomic mass is 10.2. The summed E-state index contributed by atoms with van der Waals surface area (Å²) in [6.45, 7) is 0. The topological polar surface area (TPSA) is 16.8 Å². The smallest absolute Gasteiger partial charge is 0.231 e. The summed E-state index contributed by atoms with van der Waals surface area (Å²) in [5.41, 5.74) is 4.41. The first kappa shape index (κ1) is 11.0. The molecular formula is C13H11BrN2. The van der Waals surface area contributed by atoms with Crippen LogP contribution in [0.4, 0.5) is 0 Å². The van der Waals surface area contributed by atoms with Crippen molar-refractivity contribution < 1.29 is 21.5 Å². The average Bonchev–Trinajstić information content (AvgIpc) is 2.30. The second-order valence-corrected chi connectivity index (χ2v) is 3.65. The lowest BCUT2D eigenvalue weighted by Crippen LogP contribution is -3.00. The molecule has 3 aromatic rings. The normalized spacial score (nSPS) is 10.3. The van der Waals surface area contributed by atoms with Gasteiger partial charge in [0.1, 0.15) is 18.1 Å². The molecule has 0 amide bonds.